The Morgan fingerprint density at radius 2 is 1.84 bits per heavy atom. The van der Waals surface area contributed by atoms with Gasteiger partial charge in [0.25, 0.3) is 0 Å². The van der Waals surface area contributed by atoms with Gasteiger partial charge in [-0.2, -0.15) is 14.0 Å². The Hall–Kier alpha value is -2.76. The molecule has 0 radical (unpaired) electrons. The zero-order chi connectivity index (χ0) is 23.7. The largest absolute Gasteiger partial charge is 0.549 e. The van der Waals surface area contributed by atoms with E-state index in [9.17, 15) is 23.9 Å². The Labute approximate surface area is 193 Å². The molecule has 168 valence electrons. The minimum Gasteiger partial charge on any atom is -0.549 e. The summed E-state index contributed by atoms with van der Waals surface area (Å²) in [6, 6.07) is 17.6. The maximum atomic E-state index is 13.9. The van der Waals surface area contributed by atoms with E-state index in [0.717, 1.165) is 13.2 Å². The highest BCUT2D eigenvalue weighted by Crippen LogP contribution is 2.75. The van der Waals surface area contributed by atoms with Gasteiger partial charge in [0.2, 0.25) is 0 Å². The van der Waals surface area contributed by atoms with E-state index in [2.05, 4.69) is 26.7 Å². The Bertz CT molecular complexity index is 1080. The molecule has 8 heteroatoms. The van der Waals surface area contributed by atoms with Crippen molar-refractivity contribution in [3.05, 3.63) is 70.7 Å². The van der Waals surface area contributed by atoms with Crippen LogP contribution in [0.1, 0.15) is 25.3 Å². The summed E-state index contributed by atoms with van der Waals surface area (Å²) < 4.78 is 37.2. The van der Waals surface area contributed by atoms with E-state index in [0.29, 0.717) is 17.1 Å². The number of hydrogen-bond acceptors (Lipinski definition) is 5. The van der Waals surface area contributed by atoms with Crippen LogP contribution in [0.2, 0.25) is 0 Å². The van der Waals surface area contributed by atoms with Crippen molar-refractivity contribution in [2.45, 2.75) is 25.9 Å². The fraction of sp³-hybridized carbons (Fsp3) is 0.333. The van der Waals surface area contributed by atoms with Gasteiger partial charge in [0.05, 0.1) is 22.4 Å². The first-order chi connectivity index (χ1) is 15.0. The van der Waals surface area contributed by atoms with Crippen LogP contribution >= 0.6 is 15.9 Å². The molecule has 0 aliphatic heterocycles. The summed E-state index contributed by atoms with van der Waals surface area (Å²) in [4.78, 5) is 12.4. The first-order valence-electron chi connectivity index (χ1n) is 9.77. The van der Waals surface area contributed by atoms with Crippen molar-refractivity contribution in [1.82, 2.24) is 0 Å². The predicted octanol–water partition coefficient (Wildman–Crippen LogP) is 5.00. The van der Waals surface area contributed by atoms with Crippen LogP contribution in [0.25, 0.3) is 0 Å². The van der Waals surface area contributed by atoms with Crippen LogP contribution in [-0.4, -0.2) is 19.2 Å². The third-order valence-electron chi connectivity index (χ3n) is 6.19. The average molecular weight is 505 g/mol. The van der Waals surface area contributed by atoms with Crippen molar-refractivity contribution < 1.29 is 28.2 Å². The lowest BCUT2D eigenvalue weighted by Gasteiger charge is -2.27. The van der Waals surface area contributed by atoms with Crippen molar-refractivity contribution in [3.63, 3.8) is 0 Å². The SMILES string of the molecule is COC(F)(F)C(Br)=CC1C(C)(C)C1(C(=O)[O-])C(C#N)c1cccc(Oc2ccccc2)c1. The van der Waals surface area contributed by atoms with Gasteiger partial charge < -0.3 is 19.4 Å². The molecule has 1 aliphatic rings. The van der Waals surface area contributed by atoms with Gasteiger partial charge in [0, 0.05) is 12.5 Å². The topological polar surface area (TPSA) is 82.4 Å². The first kappa shape index (κ1) is 23.9. The number of hydrogen-bond donors (Lipinski definition) is 0. The third kappa shape index (κ3) is 3.91. The van der Waals surface area contributed by atoms with Crippen LogP contribution in [0, 0.1) is 28.1 Å². The number of allylic oxidation sites excluding steroid dienone is 1. The molecule has 0 aromatic heterocycles. The lowest BCUT2D eigenvalue weighted by Crippen LogP contribution is -2.40. The van der Waals surface area contributed by atoms with E-state index in [1.54, 1.807) is 62.4 Å². The number of alkyl halides is 2. The van der Waals surface area contributed by atoms with Crippen molar-refractivity contribution in [2.24, 2.45) is 16.7 Å². The van der Waals surface area contributed by atoms with E-state index >= 15 is 0 Å². The zero-order valence-corrected chi connectivity index (χ0v) is 19.2. The molecule has 1 fully saturated rings. The van der Waals surface area contributed by atoms with Gasteiger partial charge in [-0.1, -0.05) is 50.3 Å². The van der Waals surface area contributed by atoms with Gasteiger partial charge in [-0.25, -0.2) is 0 Å². The standard InChI is InChI=1S/C24H22BrF2NO4/c1-22(2)19(13-20(25)24(26,27)31-3)23(22,21(29)30)18(14-28)15-8-7-11-17(12-15)32-16-9-5-4-6-10-16/h4-13,18-19H,1-3H3,(H,29,30)/p-1. The number of carboxylic acid groups (broad SMARTS) is 1. The number of halogens is 3. The normalized spacial score (nSPS) is 23.2. The number of carboxylic acids is 1. The molecule has 0 spiro atoms. The molecule has 0 heterocycles. The lowest BCUT2D eigenvalue weighted by molar-refractivity contribution is -0.316. The lowest BCUT2D eigenvalue weighted by atomic mass is 9.78. The molecular weight excluding hydrogens is 484 g/mol. The number of para-hydroxylation sites is 1. The van der Waals surface area contributed by atoms with Gasteiger partial charge in [-0.3, -0.25) is 0 Å². The second kappa shape index (κ2) is 8.64. The first-order valence-corrected chi connectivity index (χ1v) is 10.6. The van der Waals surface area contributed by atoms with Crippen LogP contribution in [0.3, 0.4) is 0 Å². The number of carbonyl (C=O) groups is 1. The van der Waals surface area contributed by atoms with Crippen LogP contribution in [0.5, 0.6) is 11.5 Å². The Morgan fingerprint density at radius 1 is 1.22 bits per heavy atom. The minimum atomic E-state index is -3.62. The van der Waals surface area contributed by atoms with Crippen LogP contribution < -0.4 is 9.84 Å². The number of nitrogens with zero attached hydrogens (tertiary/aromatic N) is 1. The molecule has 3 unspecified atom stereocenters. The van der Waals surface area contributed by atoms with Gasteiger partial charge in [0.15, 0.2) is 0 Å². The van der Waals surface area contributed by atoms with Gasteiger partial charge >= 0.3 is 6.11 Å². The molecule has 5 nitrogen and oxygen atoms in total. The number of rotatable bonds is 8. The predicted molar refractivity (Wildman–Crippen MR) is 115 cm³/mol. The van der Waals surface area contributed by atoms with Crippen LogP contribution in [0.15, 0.2) is 65.2 Å². The molecule has 3 rings (SSSR count). The smallest absolute Gasteiger partial charge is 0.389 e. The Balaban J connectivity index is 2.02. The summed E-state index contributed by atoms with van der Waals surface area (Å²) in [5.74, 6) is -2.56. The number of ether oxygens (including phenoxy) is 2. The van der Waals surface area contributed by atoms with Crippen molar-refractivity contribution in [1.29, 1.82) is 5.26 Å². The van der Waals surface area contributed by atoms with E-state index in [1.165, 1.54) is 0 Å². The minimum absolute atomic E-state index is 0.392. The maximum Gasteiger partial charge on any atom is 0.389 e. The molecule has 0 bridgehead atoms. The number of aliphatic carboxylic acids is 1. The van der Waals surface area contributed by atoms with Crippen molar-refractivity contribution in [2.75, 3.05) is 7.11 Å². The zero-order valence-electron chi connectivity index (χ0n) is 17.6. The van der Waals surface area contributed by atoms with Gasteiger partial charge in [-0.05, 0) is 57.1 Å². The summed E-state index contributed by atoms with van der Waals surface area (Å²) >= 11 is 2.80. The summed E-state index contributed by atoms with van der Waals surface area (Å²) in [6.07, 6.45) is -2.52. The second-order valence-corrected chi connectivity index (χ2v) is 9.00. The average Bonchev–Trinajstić information content (AvgIpc) is 3.24. The van der Waals surface area contributed by atoms with E-state index < -0.39 is 39.2 Å². The molecule has 0 amide bonds. The summed E-state index contributed by atoms with van der Waals surface area (Å²) in [5.41, 5.74) is -2.37. The molecule has 3 atom stereocenters. The Kier molecular flexibility index (Phi) is 6.45. The summed E-state index contributed by atoms with van der Waals surface area (Å²) in [7, 11) is 0.843. The third-order valence-corrected chi connectivity index (χ3v) is 6.92. The summed E-state index contributed by atoms with van der Waals surface area (Å²) in [5, 5.41) is 22.4. The van der Waals surface area contributed by atoms with Crippen molar-refractivity contribution in [3.8, 4) is 17.6 Å². The second-order valence-electron chi connectivity index (χ2n) is 8.14. The van der Waals surface area contributed by atoms with E-state index in [4.69, 9.17) is 4.74 Å². The van der Waals surface area contributed by atoms with E-state index in [1.807, 2.05) is 6.07 Å². The number of methoxy groups -OCH3 is 1. The molecule has 1 aliphatic carbocycles. The Morgan fingerprint density at radius 3 is 2.41 bits per heavy atom. The van der Waals surface area contributed by atoms with Gasteiger partial charge in [-0.15, -0.1) is 0 Å². The highest BCUT2D eigenvalue weighted by Gasteiger charge is 2.75. The van der Waals surface area contributed by atoms with E-state index in [-0.39, 0.29) is 0 Å². The van der Waals surface area contributed by atoms with Crippen LogP contribution in [-0.2, 0) is 9.53 Å². The van der Waals surface area contributed by atoms with Crippen molar-refractivity contribution >= 4 is 21.9 Å². The molecular formula is C24H21BrF2NO4-. The molecule has 2 aromatic rings. The summed E-state index contributed by atoms with van der Waals surface area (Å²) in [6.45, 7) is 3.23. The molecule has 2 aromatic carbocycles. The highest BCUT2D eigenvalue weighted by atomic mass is 79.9. The highest BCUT2D eigenvalue weighted by molar-refractivity contribution is 9.11. The molecule has 0 saturated heterocycles. The van der Waals surface area contributed by atoms with Crippen LogP contribution in [0.4, 0.5) is 8.78 Å². The van der Waals surface area contributed by atoms with Gasteiger partial charge in [0.1, 0.15) is 11.5 Å². The fourth-order valence-electron chi connectivity index (χ4n) is 4.40. The maximum absolute atomic E-state index is 13.9. The quantitative estimate of drug-likeness (QED) is 0.505. The number of nitriles is 1. The number of benzene rings is 2. The molecule has 32 heavy (non-hydrogen) atoms. The monoisotopic (exact) mass is 504 g/mol. The number of carbonyl (C=O) groups excluding carboxylic acids is 1. The molecule has 0 N–H and O–H groups in total. The fourth-order valence-corrected chi connectivity index (χ4v) is 4.83. The molecule has 1 saturated carbocycles.